The van der Waals surface area contributed by atoms with E-state index in [9.17, 15) is 8.42 Å². The van der Waals surface area contributed by atoms with E-state index in [1.54, 1.807) is 24.3 Å². The van der Waals surface area contributed by atoms with Gasteiger partial charge in [-0.05, 0) is 57.2 Å². The van der Waals surface area contributed by atoms with Crippen molar-refractivity contribution in [3.8, 4) is 5.75 Å². The Labute approximate surface area is 149 Å². The number of nitrogens with zero attached hydrogens (tertiary/aromatic N) is 1. The molecule has 0 heterocycles. The molecular formula is C18H25N3O3S. The molecule has 0 aliphatic rings. The number of nitrogens with one attached hydrogen (secondary N) is 1. The molecule has 136 valence electrons. The second kappa shape index (κ2) is 8.11. The second-order valence-electron chi connectivity index (χ2n) is 5.46. The average molecular weight is 363 g/mol. The zero-order valence-electron chi connectivity index (χ0n) is 14.8. The van der Waals surface area contributed by atoms with Crippen LogP contribution in [0.15, 0.2) is 47.4 Å². The molecule has 0 aliphatic heterocycles. The normalized spacial score (nSPS) is 11.2. The first-order chi connectivity index (χ1) is 11.9. The van der Waals surface area contributed by atoms with Gasteiger partial charge in [-0.1, -0.05) is 0 Å². The third-order valence-corrected chi connectivity index (χ3v) is 5.20. The van der Waals surface area contributed by atoms with Crippen molar-refractivity contribution in [3.63, 3.8) is 0 Å². The molecule has 0 spiro atoms. The fraction of sp³-hybridized carbons (Fsp3) is 0.333. The van der Waals surface area contributed by atoms with Crippen LogP contribution in [0, 0.1) is 0 Å². The van der Waals surface area contributed by atoms with Crippen molar-refractivity contribution in [2.75, 3.05) is 35.1 Å². The van der Waals surface area contributed by atoms with Gasteiger partial charge in [0.1, 0.15) is 5.75 Å². The predicted molar refractivity (Wildman–Crippen MR) is 103 cm³/mol. The highest BCUT2D eigenvalue weighted by Gasteiger charge is 2.18. The van der Waals surface area contributed by atoms with E-state index in [1.165, 1.54) is 12.1 Å². The Kier molecular flexibility index (Phi) is 6.14. The summed E-state index contributed by atoms with van der Waals surface area (Å²) in [6, 6.07) is 11.5. The van der Waals surface area contributed by atoms with Crippen LogP contribution in [-0.4, -0.2) is 28.1 Å². The van der Waals surface area contributed by atoms with Gasteiger partial charge in [0.05, 0.1) is 22.9 Å². The van der Waals surface area contributed by atoms with Crippen LogP contribution in [0.1, 0.15) is 20.8 Å². The maximum Gasteiger partial charge on any atom is 0.261 e. The summed E-state index contributed by atoms with van der Waals surface area (Å²) in [6.07, 6.45) is 0. The van der Waals surface area contributed by atoms with Crippen molar-refractivity contribution in [1.29, 1.82) is 0 Å². The monoisotopic (exact) mass is 363 g/mol. The van der Waals surface area contributed by atoms with Gasteiger partial charge in [0.15, 0.2) is 0 Å². The predicted octanol–water partition coefficient (Wildman–Crippen LogP) is 3.31. The SMILES string of the molecule is CCOc1ccc(NS(=O)(=O)c2ccc(N)cc2)c(N(CC)CC)c1. The van der Waals surface area contributed by atoms with E-state index in [-0.39, 0.29) is 4.90 Å². The second-order valence-corrected chi connectivity index (χ2v) is 7.14. The third-order valence-electron chi connectivity index (χ3n) is 3.82. The first-order valence-corrected chi connectivity index (χ1v) is 9.79. The van der Waals surface area contributed by atoms with E-state index in [4.69, 9.17) is 10.5 Å². The smallest absolute Gasteiger partial charge is 0.261 e. The molecule has 0 saturated carbocycles. The van der Waals surface area contributed by atoms with Crippen LogP contribution in [-0.2, 0) is 10.0 Å². The average Bonchev–Trinajstić information content (AvgIpc) is 2.58. The Balaban J connectivity index is 2.41. The molecule has 2 aromatic carbocycles. The first-order valence-electron chi connectivity index (χ1n) is 8.31. The van der Waals surface area contributed by atoms with E-state index in [0.717, 1.165) is 18.8 Å². The number of sulfonamides is 1. The zero-order chi connectivity index (χ0) is 18.4. The number of nitrogen functional groups attached to an aromatic ring is 1. The van der Waals surface area contributed by atoms with Crippen LogP contribution in [0.3, 0.4) is 0 Å². The van der Waals surface area contributed by atoms with Crippen molar-refractivity contribution in [2.24, 2.45) is 0 Å². The Morgan fingerprint density at radius 1 is 1.04 bits per heavy atom. The topological polar surface area (TPSA) is 84.7 Å². The lowest BCUT2D eigenvalue weighted by Crippen LogP contribution is -2.24. The Morgan fingerprint density at radius 2 is 1.68 bits per heavy atom. The third kappa shape index (κ3) is 4.57. The molecule has 0 radical (unpaired) electrons. The van der Waals surface area contributed by atoms with Crippen LogP contribution in [0.5, 0.6) is 5.75 Å². The maximum atomic E-state index is 12.7. The fourth-order valence-corrected chi connectivity index (χ4v) is 3.61. The summed E-state index contributed by atoms with van der Waals surface area (Å²) in [5.41, 5.74) is 7.45. The minimum Gasteiger partial charge on any atom is -0.494 e. The molecular weight excluding hydrogens is 338 g/mol. The van der Waals surface area contributed by atoms with Crippen molar-refractivity contribution in [2.45, 2.75) is 25.7 Å². The van der Waals surface area contributed by atoms with Gasteiger partial charge >= 0.3 is 0 Å². The minimum absolute atomic E-state index is 0.168. The quantitative estimate of drug-likeness (QED) is 0.703. The molecule has 0 fully saturated rings. The first kappa shape index (κ1) is 18.9. The number of benzene rings is 2. The molecule has 0 aliphatic carbocycles. The molecule has 2 rings (SSSR count). The van der Waals surface area contributed by atoms with Gasteiger partial charge < -0.3 is 15.4 Å². The molecule has 0 saturated heterocycles. The molecule has 3 N–H and O–H groups in total. The highest BCUT2D eigenvalue weighted by Crippen LogP contribution is 2.32. The molecule has 0 atom stereocenters. The van der Waals surface area contributed by atoms with E-state index in [1.807, 2.05) is 26.8 Å². The van der Waals surface area contributed by atoms with Crippen molar-refractivity contribution < 1.29 is 13.2 Å². The van der Waals surface area contributed by atoms with E-state index < -0.39 is 10.0 Å². The molecule has 0 unspecified atom stereocenters. The lowest BCUT2D eigenvalue weighted by molar-refractivity contribution is 0.340. The molecule has 2 aromatic rings. The molecule has 6 nitrogen and oxygen atoms in total. The number of nitrogens with two attached hydrogens (primary N) is 1. The van der Waals surface area contributed by atoms with Crippen LogP contribution in [0.4, 0.5) is 17.1 Å². The summed E-state index contributed by atoms with van der Waals surface area (Å²) in [5, 5.41) is 0. The number of ether oxygens (including phenoxy) is 1. The van der Waals surface area contributed by atoms with Crippen molar-refractivity contribution in [3.05, 3.63) is 42.5 Å². The lowest BCUT2D eigenvalue weighted by atomic mass is 10.2. The Morgan fingerprint density at radius 3 is 2.24 bits per heavy atom. The van der Waals surface area contributed by atoms with Gasteiger partial charge in [-0.25, -0.2) is 8.42 Å². The molecule has 0 aromatic heterocycles. The number of hydrogen-bond acceptors (Lipinski definition) is 5. The molecule has 0 amide bonds. The van der Waals surface area contributed by atoms with E-state index >= 15 is 0 Å². The van der Waals surface area contributed by atoms with Gasteiger partial charge in [0.25, 0.3) is 10.0 Å². The van der Waals surface area contributed by atoms with Gasteiger partial charge in [0, 0.05) is 24.8 Å². The lowest BCUT2D eigenvalue weighted by Gasteiger charge is -2.25. The minimum atomic E-state index is -3.70. The van der Waals surface area contributed by atoms with E-state index in [2.05, 4.69) is 9.62 Å². The van der Waals surface area contributed by atoms with Gasteiger partial charge in [-0.2, -0.15) is 0 Å². The van der Waals surface area contributed by atoms with Crippen LogP contribution in [0.2, 0.25) is 0 Å². The van der Waals surface area contributed by atoms with Crippen molar-refractivity contribution in [1.82, 2.24) is 0 Å². The summed E-state index contributed by atoms with van der Waals surface area (Å²) in [4.78, 5) is 2.24. The van der Waals surface area contributed by atoms with Gasteiger partial charge in [0.2, 0.25) is 0 Å². The zero-order valence-corrected chi connectivity index (χ0v) is 15.6. The summed E-state index contributed by atoms with van der Waals surface area (Å²) in [7, 11) is -3.70. The number of rotatable bonds is 8. The van der Waals surface area contributed by atoms with Crippen molar-refractivity contribution >= 4 is 27.1 Å². The molecule has 0 bridgehead atoms. The summed E-state index contributed by atoms with van der Waals surface area (Å²) < 4.78 is 33.6. The summed E-state index contributed by atoms with van der Waals surface area (Å²) in [5.74, 6) is 0.708. The summed E-state index contributed by atoms with van der Waals surface area (Å²) in [6.45, 7) is 8.01. The highest BCUT2D eigenvalue weighted by molar-refractivity contribution is 7.92. The fourth-order valence-electron chi connectivity index (χ4n) is 2.53. The molecule has 25 heavy (non-hydrogen) atoms. The number of anilines is 3. The van der Waals surface area contributed by atoms with Crippen LogP contribution in [0.25, 0.3) is 0 Å². The Hall–Kier alpha value is -2.41. The summed E-state index contributed by atoms with van der Waals surface area (Å²) >= 11 is 0. The largest absolute Gasteiger partial charge is 0.494 e. The highest BCUT2D eigenvalue weighted by atomic mass is 32.2. The number of hydrogen-bond donors (Lipinski definition) is 2. The van der Waals surface area contributed by atoms with Crippen LogP contribution < -0.4 is 20.1 Å². The van der Waals surface area contributed by atoms with E-state index in [0.29, 0.717) is 23.7 Å². The van der Waals surface area contributed by atoms with Crippen LogP contribution >= 0.6 is 0 Å². The Bertz CT molecular complexity index is 801. The molecule has 7 heteroatoms. The van der Waals surface area contributed by atoms with Gasteiger partial charge in [-0.15, -0.1) is 0 Å². The van der Waals surface area contributed by atoms with Gasteiger partial charge in [-0.3, -0.25) is 4.72 Å². The standard InChI is InChI=1S/C18H25N3O3S/c1-4-21(5-2)18-13-15(24-6-3)9-12-17(18)20-25(22,23)16-10-7-14(19)8-11-16/h7-13,20H,4-6,19H2,1-3H3. The maximum absolute atomic E-state index is 12.7.